The largest absolute Gasteiger partial charge is 0.347 e. The minimum atomic E-state index is -0.233. The SMILES string of the molecule is CC(=O)Nc1ccc(-c2ncc(CNC(=O)c3ccc4c(c3)NC(=O)c3ccccc3S4)s2)cc1. The van der Waals surface area contributed by atoms with E-state index in [2.05, 4.69) is 20.9 Å². The van der Waals surface area contributed by atoms with Crippen LogP contribution in [0.5, 0.6) is 0 Å². The molecule has 0 saturated heterocycles. The zero-order valence-corrected chi connectivity index (χ0v) is 20.3. The van der Waals surface area contributed by atoms with Gasteiger partial charge in [-0.2, -0.15) is 0 Å². The Balaban J connectivity index is 1.24. The van der Waals surface area contributed by atoms with E-state index < -0.39 is 0 Å². The van der Waals surface area contributed by atoms with Crippen LogP contribution in [-0.2, 0) is 11.3 Å². The molecule has 3 N–H and O–H groups in total. The highest BCUT2D eigenvalue weighted by atomic mass is 32.2. The highest BCUT2D eigenvalue weighted by Crippen LogP contribution is 2.39. The maximum Gasteiger partial charge on any atom is 0.256 e. The van der Waals surface area contributed by atoms with Crippen LogP contribution >= 0.6 is 23.1 Å². The summed E-state index contributed by atoms with van der Waals surface area (Å²) in [6.07, 6.45) is 1.74. The van der Waals surface area contributed by atoms with Gasteiger partial charge in [0, 0.05) is 44.6 Å². The zero-order valence-electron chi connectivity index (χ0n) is 18.6. The van der Waals surface area contributed by atoms with E-state index in [1.807, 2.05) is 48.5 Å². The molecular formula is C26H20N4O3S2. The average Bonchev–Trinajstić information content (AvgIpc) is 3.27. The predicted octanol–water partition coefficient (Wildman–Crippen LogP) is 5.42. The Morgan fingerprint density at radius 3 is 2.60 bits per heavy atom. The van der Waals surface area contributed by atoms with Crippen molar-refractivity contribution in [3.8, 4) is 10.6 Å². The monoisotopic (exact) mass is 500 g/mol. The summed E-state index contributed by atoms with van der Waals surface area (Å²) in [5.41, 5.74) is 3.36. The van der Waals surface area contributed by atoms with Crippen LogP contribution in [0.1, 0.15) is 32.5 Å². The fraction of sp³-hybridized carbons (Fsp3) is 0.0769. The molecule has 4 aromatic rings. The molecule has 2 heterocycles. The minimum Gasteiger partial charge on any atom is -0.347 e. The lowest BCUT2D eigenvalue weighted by molar-refractivity contribution is -0.114. The van der Waals surface area contributed by atoms with Crippen molar-refractivity contribution in [3.05, 3.63) is 88.9 Å². The van der Waals surface area contributed by atoms with Crippen LogP contribution in [0.3, 0.4) is 0 Å². The van der Waals surface area contributed by atoms with Gasteiger partial charge in [0.05, 0.1) is 17.8 Å². The van der Waals surface area contributed by atoms with Gasteiger partial charge in [-0.25, -0.2) is 4.98 Å². The maximum absolute atomic E-state index is 12.8. The number of rotatable bonds is 5. The standard InChI is InChI=1S/C26H20N4O3S2/c1-15(31)29-18-9-6-16(7-10-18)26-28-14-19(34-26)13-27-24(32)17-8-11-23-21(12-17)30-25(33)20-4-2-3-5-22(20)35-23/h2-12,14H,13H2,1H3,(H,27,32)(H,29,31)(H,30,33). The zero-order chi connectivity index (χ0) is 24.4. The molecule has 3 aromatic carbocycles. The number of nitrogens with zero attached hydrogens (tertiary/aromatic N) is 1. The fourth-order valence-electron chi connectivity index (χ4n) is 3.60. The molecule has 1 aromatic heterocycles. The smallest absolute Gasteiger partial charge is 0.256 e. The van der Waals surface area contributed by atoms with Crippen LogP contribution in [0, 0.1) is 0 Å². The summed E-state index contributed by atoms with van der Waals surface area (Å²) in [6.45, 7) is 1.80. The van der Waals surface area contributed by atoms with Crippen molar-refractivity contribution in [1.82, 2.24) is 10.3 Å². The Morgan fingerprint density at radius 1 is 1.00 bits per heavy atom. The molecule has 0 fully saturated rings. The van der Waals surface area contributed by atoms with Crippen molar-refractivity contribution in [2.45, 2.75) is 23.3 Å². The molecule has 174 valence electrons. The Labute approximate surface area is 210 Å². The summed E-state index contributed by atoms with van der Waals surface area (Å²) in [5.74, 6) is -0.541. The molecule has 0 atom stereocenters. The summed E-state index contributed by atoms with van der Waals surface area (Å²) in [7, 11) is 0. The van der Waals surface area contributed by atoms with Gasteiger partial charge < -0.3 is 16.0 Å². The second-order valence-corrected chi connectivity index (χ2v) is 10.0. The Morgan fingerprint density at radius 2 is 1.80 bits per heavy atom. The molecule has 3 amide bonds. The predicted molar refractivity (Wildman–Crippen MR) is 138 cm³/mol. The average molecular weight is 501 g/mol. The van der Waals surface area contributed by atoms with Gasteiger partial charge in [0.25, 0.3) is 11.8 Å². The number of amides is 3. The van der Waals surface area contributed by atoms with Crippen molar-refractivity contribution in [1.29, 1.82) is 0 Å². The van der Waals surface area contributed by atoms with Crippen molar-refractivity contribution >= 4 is 52.2 Å². The second kappa shape index (κ2) is 9.73. The van der Waals surface area contributed by atoms with E-state index >= 15 is 0 Å². The summed E-state index contributed by atoms with van der Waals surface area (Å²) in [6, 6.07) is 20.2. The number of benzene rings is 3. The van der Waals surface area contributed by atoms with Gasteiger partial charge in [0.1, 0.15) is 5.01 Å². The van der Waals surface area contributed by atoms with Crippen LogP contribution in [0.2, 0.25) is 0 Å². The van der Waals surface area contributed by atoms with Gasteiger partial charge >= 0.3 is 0 Å². The molecule has 0 saturated carbocycles. The lowest BCUT2D eigenvalue weighted by Crippen LogP contribution is -2.22. The number of aromatic nitrogens is 1. The van der Waals surface area contributed by atoms with Gasteiger partial charge in [0.15, 0.2) is 0 Å². The molecule has 5 rings (SSSR count). The molecule has 0 aliphatic carbocycles. The fourth-order valence-corrected chi connectivity index (χ4v) is 5.47. The number of hydrogen-bond acceptors (Lipinski definition) is 6. The third-order valence-corrected chi connectivity index (χ3v) is 7.47. The van der Waals surface area contributed by atoms with Crippen molar-refractivity contribution < 1.29 is 14.4 Å². The van der Waals surface area contributed by atoms with Gasteiger partial charge in [0.2, 0.25) is 5.91 Å². The van der Waals surface area contributed by atoms with Crippen molar-refractivity contribution in [2.75, 3.05) is 10.6 Å². The number of hydrogen-bond donors (Lipinski definition) is 3. The number of fused-ring (bicyclic) bond motifs is 2. The maximum atomic E-state index is 12.8. The molecule has 0 bridgehead atoms. The molecule has 9 heteroatoms. The molecule has 0 radical (unpaired) electrons. The summed E-state index contributed by atoms with van der Waals surface area (Å²) >= 11 is 2.99. The normalized spacial score (nSPS) is 12.1. The van der Waals surface area contributed by atoms with Crippen LogP contribution in [0.25, 0.3) is 10.6 Å². The van der Waals surface area contributed by atoms with E-state index in [-0.39, 0.29) is 17.7 Å². The van der Waals surface area contributed by atoms with Crippen molar-refractivity contribution in [3.63, 3.8) is 0 Å². The van der Waals surface area contributed by atoms with Crippen molar-refractivity contribution in [2.24, 2.45) is 0 Å². The van der Waals surface area contributed by atoms with Crippen LogP contribution in [-0.4, -0.2) is 22.7 Å². The van der Waals surface area contributed by atoms with E-state index in [0.29, 0.717) is 23.4 Å². The number of carbonyl (C=O) groups is 3. The van der Waals surface area contributed by atoms with Crippen LogP contribution in [0.15, 0.2) is 82.7 Å². The van der Waals surface area contributed by atoms with Gasteiger partial charge in [-0.1, -0.05) is 23.9 Å². The minimum absolute atomic E-state index is 0.120. The molecule has 1 aliphatic heterocycles. The van der Waals surface area contributed by atoms with Gasteiger partial charge in [-0.3, -0.25) is 14.4 Å². The van der Waals surface area contributed by atoms with E-state index in [9.17, 15) is 14.4 Å². The van der Waals surface area contributed by atoms with Gasteiger partial charge in [-0.05, 0) is 54.6 Å². The summed E-state index contributed by atoms with van der Waals surface area (Å²) < 4.78 is 0. The quantitative estimate of drug-likeness (QED) is 0.340. The number of anilines is 2. The first kappa shape index (κ1) is 22.8. The Bertz CT molecular complexity index is 1450. The third-order valence-electron chi connectivity index (χ3n) is 5.27. The summed E-state index contributed by atoms with van der Waals surface area (Å²) in [4.78, 5) is 43.7. The van der Waals surface area contributed by atoms with Gasteiger partial charge in [-0.15, -0.1) is 11.3 Å². The highest BCUT2D eigenvalue weighted by molar-refractivity contribution is 7.99. The lowest BCUT2D eigenvalue weighted by Gasteiger charge is -2.09. The van der Waals surface area contributed by atoms with E-state index in [1.165, 1.54) is 30.0 Å². The number of carbonyl (C=O) groups excluding carboxylic acids is 3. The molecule has 1 aliphatic rings. The molecule has 0 spiro atoms. The first-order valence-corrected chi connectivity index (χ1v) is 12.4. The highest BCUT2D eigenvalue weighted by Gasteiger charge is 2.20. The van der Waals surface area contributed by atoms with E-state index in [1.54, 1.807) is 24.4 Å². The Kier molecular flexibility index (Phi) is 6.35. The first-order valence-electron chi connectivity index (χ1n) is 10.8. The van der Waals surface area contributed by atoms with Crippen LogP contribution < -0.4 is 16.0 Å². The third kappa shape index (κ3) is 5.11. The molecule has 0 unspecified atom stereocenters. The molecule has 7 nitrogen and oxygen atoms in total. The van der Waals surface area contributed by atoms with E-state index in [4.69, 9.17) is 0 Å². The Hall–Kier alpha value is -3.95. The van der Waals surface area contributed by atoms with E-state index in [0.717, 1.165) is 30.9 Å². The first-order chi connectivity index (χ1) is 17.0. The summed E-state index contributed by atoms with van der Waals surface area (Å²) in [5, 5.41) is 9.40. The number of nitrogens with one attached hydrogen (secondary N) is 3. The number of thiazole rings is 1. The lowest BCUT2D eigenvalue weighted by atomic mass is 10.1. The molecular weight excluding hydrogens is 480 g/mol. The molecule has 35 heavy (non-hydrogen) atoms. The topological polar surface area (TPSA) is 100 Å². The van der Waals surface area contributed by atoms with Crippen LogP contribution in [0.4, 0.5) is 11.4 Å². The second-order valence-electron chi connectivity index (χ2n) is 7.84.